The standard InChI is InChI=1S/C12H16BrNO/c1-9-2-3-10(12(13)6-9)7-14-5-4-11(15)8-14/h2-3,6,11,15H,4-5,7-8H2,1H3/t11-/m1/s1. The maximum absolute atomic E-state index is 9.44. The highest BCUT2D eigenvalue weighted by Crippen LogP contribution is 2.21. The number of rotatable bonds is 2. The first kappa shape index (κ1) is 11.1. The number of hydrogen-bond donors (Lipinski definition) is 1. The van der Waals surface area contributed by atoms with Gasteiger partial charge >= 0.3 is 0 Å². The first-order valence-corrected chi connectivity index (χ1v) is 6.10. The van der Waals surface area contributed by atoms with Crippen molar-refractivity contribution in [2.45, 2.75) is 26.0 Å². The third-order valence-corrected chi connectivity index (χ3v) is 3.59. The van der Waals surface area contributed by atoms with Gasteiger partial charge in [0.1, 0.15) is 0 Å². The van der Waals surface area contributed by atoms with E-state index in [0.717, 1.165) is 26.1 Å². The third-order valence-electron chi connectivity index (χ3n) is 2.85. The number of hydrogen-bond acceptors (Lipinski definition) is 2. The summed E-state index contributed by atoms with van der Waals surface area (Å²) in [5.41, 5.74) is 2.57. The van der Waals surface area contributed by atoms with Gasteiger partial charge in [-0.05, 0) is 30.5 Å². The Hall–Kier alpha value is -0.380. The molecule has 0 spiro atoms. The highest BCUT2D eigenvalue weighted by molar-refractivity contribution is 9.10. The van der Waals surface area contributed by atoms with E-state index in [-0.39, 0.29) is 6.10 Å². The highest BCUT2D eigenvalue weighted by Gasteiger charge is 2.20. The summed E-state index contributed by atoms with van der Waals surface area (Å²) in [6, 6.07) is 6.43. The molecule has 1 N–H and O–H groups in total. The summed E-state index contributed by atoms with van der Waals surface area (Å²) in [6.45, 7) is 4.83. The lowest BCUT2D eigenvalue weighted by Gasteiger charge is -2.16. The zero-order valence-electron chi connectivity index (χ0n) is 8.91. The molecular formula is C12H16BrNO. The minimum absolute atomic E-state index is 0.130. The molecule has 0 radical (unpaired) electrons. The number of aliphatic hydroxyl groups excluding tert-OH is 1. The number of likely N-dealkylation sites (tertiary alicyclic amines) is 1. The number of halogens is 1. The monoisotopic (exact) mass is 269 g/mol. The third kappa shape index (κ3) is 2.80. The van der Waals surface area contributed by atoms with Crippen molar-refractivity contribution < 1.29 is 5.11 Å². The minimum atomic E-state index is -0.130. The van der Waals surface area contributed by atoms with Crippen LogP contribution in [0.5, 0.6) is 0 Å². The highest BCUT2D eigenvalue weighted by atomic mass is 79.9. The van der Waals surface area contributed by atoms with E-state index < -0.39 is 0 Å². The van der Waals surface area contributed by atoms with E-state index in [1.807, 2.05) is 0 Å². The van der Waals surface area contributed by atoms with Crippen LogP contribution in [0.15, 0.2) is 22.7 Å². The van der Waals surface area contributed by atoms with Crippen LogP contribution in [0, 0.1) is 6.92 Å². The molecule has 0 unspecified atom stereocenters. The molecule has 3 heteroatoms. The SMILES string of the molecule is Cc1ccc(CN2CC[C@@H](O)C2)c(Br)c1. The van der Waals surface area contributed by atoms with Crippen molar-refractivity contribution in [2.75, 3.05) is 13.1 Å². The Kier molecular flexibility index (Phi) is 3.44. The largest absolute Gasteiger partial charge is 0.392 e. The van der Waals surface area contributed by atoms with E-state index in [4.69, 9.17) is 0 Å². The first-order chi connectivity index (χ1) is 7.15. The molecule has 82 valence electrons. The van der Waals surface area contributed by atoms with Crippen molar-refractivity contribution in [1.29, 1.82) is 0 Å². The Labute approximate surface area is 99.0 Å². The molecule has 0 aromatic heterocycles. The summed E-state index contributed by atoms with van der Waals surface area (Å²) >= 11 is 3.58. The molecule has 1 aliphatic heterocycles. The van der Waals surface area contributed by atoms with Gasteiger partial charge in [0.15, 0.2) is 0 Å². The maximum Gasteiger partial charge on any atom is 0.0679 e. The zero-order chi connectivity index (χ0) is 10.8. The molecule has 1 atom stereocenters. The quantitative estimate of drug-likeness (QED) is 0.891. The van der Waals surface area contributed by atoms with E-state index in [1.54, 1.807) is 0 Å². The summed E-state index contributed by atoms with van der Waals surface area (Å²) < 4.78 is 1.17. The van der Waals surface area contributed by atoms with Crippen LogP contribution in [-0.2, 0) is 6.54 Å². The number of benzene rings is 1. The second kappa shape index (κ2) is 4.64. The van der Waals surface area contributed by atoms with E-state index >= 15 is 0 Å². The van der Waals surface area contributed by atoms with Crippen molar-refractivity contribution in [3.8, 4) is 0 Å². The molecule has 1 aromatic carbocycles. The number of aliphatic hydroxyl groups is 1. The van der Waals surface area contributed by atoms with Crippen LogP contribution in [0.25, 0.3) is 0 Å². The first-order valence-electron chi connectivity index (χ1n) is 5.30. The zero-order valence-corrected chi connectivity index (χ0v) is 10.5. The van der Waals surface area contributed by atoms with Crippen LogP contribution in [0.4, 0.5) is 0 Å². The Bertz CT molecular complexity index is 353. The molecule has 1 aromatic rings. The Morgan fingerprint density at radius 2 is 2.33 bits per heavy atom. The fraction of sp³-hybridized carbons (Fsp3) is 0.500. The number of aryl methyl sites for hydroxylation is 1. The lowest BCUT2D eigenvalue weighted by molar-refractivity contribution is 0.174. The second-order valence-electron chi connectivity index (χ2n) is 4.27. The molecule has 2 nitrogen and oxygen atoms in total. The van der Waals surface area contributed by atoms with E-state index in [9.17, 15) is 5.11 Å². The summed E-state index contributed by atoms with van der Waals surface area (Å²) in [4.78, 5) is 2.29. The van der Waals surface area contributed by atoms with Gasteiger partial charge in [-0.2, -0.15) is 0 Å². The summed E-state index contributed by atoms with van der Waals surface area (Å²) in [6.07, 6.45) is 0.776. The summed E-state index contributed by atoms with van der Waals surface area (Å²) in [7, 11) is 0. The second-order valence-corrected chi connectivity index (χ2v) is 5.13. The molecule has 1 heterocycles. The van der Waals surface area contributed by atoms with E-state index in [0.29, 0.717) is 0 Å². The number of β-amino-alcohol motifs (C(OH)–C–C–N with tert-alkyl or cyclic N) is 1. The van der Waals surface area contributed by atoms with Crippen LogP contribution in [-0.4, -0.2) is 29.2 Å². The van der Waals surface area contributed by atoms with Crippen molar-refractivity contribution in [3.63, 3.8) is 0 Å². The lowest BCUT2D eigenvalue weighted by atomic mass is 10.1. The van der Waals surface area contributed by atoms with Gasteiger partial charge in [0, 0.05) is 24.1 Å². The van der Waals surface area contributed by atoms with Crippen molar-refractivity contribution in [2.24, 2.45) is 0 Å². The van der Waals surface area contributed by atoms with Crippen molar-refractivity contribution in [1.82, 2.24) is 4.90 Å². The molecule has 1 saturated heterocycles. The average Bonchev–Trinajstić information content (AvgIpc) is 2.56. The van der Waals surface area contributed by atoms with Crippen LogP contribution in [0.2, 0.25) is 0 Å². The Balaban J connectivity index is 2.04. The Morgan fingerprint density at radius 1 is 1.53 bits per heavy atom. The fourth-order valence-corrected chi connectivity index (χ4v) is 2.60. The molecular weight excluding hydrogens is 254 g/mol. The average molecular weight is 270 g/mol. The fourth-order valence-electron chi connectivity index (χ4n) is 1.98. The molecule has 2 rings (SSSR count). The Morgan fingerprint density at radius 3 is 2.93 bits per heavy atom. The minimum Gasteiger partial charge on any atom is -0.392 e. The van der Waals surface area contributed by atoms with Crippen LogP contribution >= 0.6 is 15.9 Å². The summed E-state index contributed by atoms with van der Waals surface area (Å²) in [5, 5.41) is 9.44. The van der Waals surface area contributed by atoms with Gasteiger partial charge < -0.3 is 5.11 Å². The van der Waals surface area contributed by atoms with Gasteiger partial charge in [0.05, 0.1) is 6.10 Å². The van der Waals surface area contributed by atoms with Gasteiger partial charge in [-0.3, -0.25) is 4.90 Å². The number of nitrogens with zero attached hydrogens (tertiary/aromatic N) is 1. The predicted molar refractivity (Wildman–Crippen MR) is 64.8 cm³/mol. The molecule has 0 saturated carbocycles. The normalized spacial score (nSPS) is 22.2. The van der Waals surface area contributed by atoms with Gasteiger partial charge in [-0.15, -0.1) is 0 Å². The van der Waals surface area contributed by atoms with Crippen molar-refractivity contribution >= 4 is 15.9 Å². The van der Waals surface area contributed by atoms with Crippen LogP contribution in [0.1, 0.15) is 17.5 Å². The van der Waals surface area contributed by atoms with Gasteiger partial charge in [0.25, 0.3) is 0 Å². The molecule has 15 heavy (non-hydrogen) atoms. The van der Waals surface area contributed by atoms with Crippen LogP contribution < -0.4 is 0 Å². The topological polar surface area (TPSA) is 23.5 Å². The molecule has 0 amide bonds. The van der Waals surface area contributed by atoms with Gasteiger partial charge in [0.2, 0.25) is 0 Å². The predicted octanol–water partition coefficient (Wildman–Crippen LogP) is 2.32. The lowest BCUT2D eigenvalue weighted by Crippen LogP contribution is -2.21. The van der Waals surface area contributed by atoms with Gasteiger partial charge in [-0.1, -0.05) is 28.1 Å². The molecule has 0 aliphatic carbocycles. The van der Waals surface area contributed by atoms with E-state index in [1.165, 1.54) is 15.6 Å². The summed E-state index contributed by atoms with van der Waals surface area (Å²) in [5.74, 6) is 0. The molecule has 1 fully saturated rings. The molecule has 1 aliphatic rings. The van der Waals surface area contributed by atoms with E-state index in [2.05, 4.69) is 46.0 Å². The molecule has 0 bridgehead atoms. The maximum atomic E-state index is 9.44. The smallest absolute Gasteiger partial charge is 0.0679 e. The van der Waals surface area contributed by atoms with Crippen molar-refractivity contribution in [3.05, 3.63) is 33.8 Å². The van der Waals surface area contributed by atoms with Gasteiger partial charge in [-0.25, -0.2) is 0 Å². The van der Waals surface area contributed by atoms with Crippen LogP contribution in [0.3, 0.4) is 0 Å².